The van der Waals surface area contributed by atoms with E-state index in [1.54, 1.807) is 0 Å². The van der Waals surface area contributed by atoms with Gasteiger partial charge in [-0.2, -0.15) is 0 Å². The first-order valence-electron chi connectivity index (χ1n) is 8.64. The van der Waals surface area contributed by atoms with E-state index in [1.165, 1.54) is 6.42 Å². The topological polar surface area (TPSA) is 54.0 Å². The van der Waals surface area contributed by atoms with Crippen molar-refractivity contribution < 1.29 is 24.0 Å². The van der Waals surface area contributed by atoms with Gasteiger partial charge in [-0.15, -0.1) is 0 Å². The second-order valence-corrected chi connectivity index (χ2v) is 7.85. The van der Waals surface area contributed by atoms with Gasteiger partial charge in [0.2, 0.25) is 5.79 Å². The minimum atomic E-state index is -0.732. The van der Waals surface area contributed by atoms with E-state index in [-0.39, 0.29) is 12.0 Å². The van der Waals surface area contributed by atoms with E-state index in [1.807, 2.05) is 6.92 Å². The van der Waals surface area contributed by atoms with Crippen LogP contribution in [0, 0.1) is 23.7 Å². The summed E-state index contributed by atoms with van der Waals surface area (Å²) in [5.74, 6) is 0.820. The summed E-state index contributed by atoms with van der Waals surface area (Å²) in [4.78, 5) is 22.8. The molecule has 0 aromatic carbocycles. The molecular weight excluding hydrogens is 284 g/mol. The normalized spacial score (nSPS) is 57.0. The highest BCUT2D eigenvalue weighted by molar-refractivity contribution is 5.50. The summed E-state index contributed by atoms with van der Waals surface area (Å²) in [5, 5.41) is 0. The fourth-order valence-electron chi connectivity index (χ4n) is 5.34. The Hall–Kier alpha value is -0.490. The molecule has 22 heavy (non-hydrogen) atoms. The number of aldehydes is 1. The number of rotatable bonds is 2. The largest absolute Gasteiger partial charge is 0.345 e. The molecule has 2 bridgehead atoms. The molecular formula is C17H26O5. The SMILES string of the molecule is C[C@H]1[C@@H](CC=O)O[C@@H]2O[C@@]3(C)CC[C@H]4[C@H](C)CC[C@@H]1[C@@]24OO3. The van der Waals surface area contributed by atoms with Gasteiger partial charge >= 0.3 is 0 Å². The molecule has 8 atom stereocenters. The second kappa shape index (κ2) is 5.00. The zero-order valence-electron chi connectivity index (χ0n) is 13.6. The van der Waals surface area contributed by atoms with E-state index in [9.17, 15) is 4.79 Å². The molecule has 1 spiro atoms. The van der Waals surface area contributed by atoms with Crippen molar-refractivity contribution in [1.82, 2.24) is 0 Å². The van der Waals surface area contributed by atoms with Crippen molar-refractivity contribution in [2.45, 2.75) is 76.7 Å². The summed E-state index contributed by atoms with van der Waals surface area (Å²) in [6.45, 7) is 6.41. The Balaban J connectivity index is 1.77. The molecule has 0 aromatic rings. The molecule has 5 nitrogen and oxygen atoms in total. The van der Waals surface area contributed by atoms with Gasteiger partial charge < -0.3 is 14.3 Å². The molecule has 124 valence electrons. The number of hydrogen-bond acceptors (Lipinski definition) is 5. The first-order valence-corrected chi connectivity index (χ1v) is 8.64. The van der Waals surface area contributed by atoms with Crippen LogP contribution in [-0.2, 0) is 24.0 Å². The minimum Gasteiger partial charge on any atom is -0.345 e. The van der Waals surface area contributed by atoms with Crippen molar-refractivity contribution in [3.63, 3.8) is 0 Å². The van der Waals surface area contributed by atoms with Gasteiger partial charge in [-0.3, -0.25) is 0 Å². The van der Waals surface area contributed by atoms with Gasteiger partial charge in [0, 0.05) is 18.8 Å². The van der Waals surface area contributed by atoms with E-state index < -0.39 is 17.7 Å². The quantitative estimate of drug-likeness (QED) is 0.580. The Morgan fingerprint density at radius 1 is 1.14 bits per heavy atom. The number of ether oxygens (including phenoxy) is 2. The van der Waals surface area contributed by atoms with E-state index in [4.69, 9.17) is 19.2 Å². The summed E-state index contributed by atoms with van der Waals surface area (Å²) in [7, 11) is 0. The number of carbonyl (C=O) groups excluding carboxylic acids is 1. The third kappa shape index (κ3) is 1.89. The molecule has 0 amide bonds. The van der Waals surface area contributed by atoms with Crippen LogP contribution in [0.4, 0.5) is 0 Å². The fourth-order valence-corrected chi connectivity index (χ4v) is 5.34. The third-order valence-electron chi connectivity index (χ3n) is 6.62. The molecule has 0 aromatic heterocycles. The number of hydrogen-bond donors (Lipinski definition) is 0. The van der Waals surface area contributed by atoms with Crippen molar-refractivity contribution >= 4 is 6.29 Å². The lowest BCUT2D eigenvalue weighted by atomic mass is 9.57. The highest BCUT2D eigenvalue weighted by atomic mass is 17.3. The van der Waals surface area contributed by atoms with Crippen molar-refractivity contribution in [1.29, 1.82) is 0 Å². The molecule has 5 fully saturated rings. The zero-order chi connectivity index (χ0) is 15.5. The van der Waals surface area contributed by atoms with Crippen LogP contribution in [-0.4, -0.2) is 30.1 Å². The molecule has 0 radical (unpaired) electrons. The van der Waals surface area contributed by atoms with Crippen LogP contribution in [0.1, 0.15) is 52.9 Å². The van der Waals surface area contributed by atoms with Gasteiger partial charge in [0.15, 0.2) is 11.9 Å². The third-order valence-corrected chi connectivity index (χ3v) is 6.62. The maximum absolute atomic E-state index is 11.0. The predicted molar refractivity (Wildman–Crippen MR) is 77.5 cm³/mol. The summed E-state index contributed by atoms with van der Waals surface area (Å²) in [6.07, 6.45) is 5.01. The summed E-state index contributed by atoms with van der Waals surface area (Å²) in [6, 6.07) is 0. The molecule has 4 aliphatic heterocycles. The molecule has 0 unspecified atom stereocenters. The minimum absolute atomic E-state index is 0.0845. The average Bonchev–Trinajstić information content (AvgIpc) is 2.71. The Morgan fingerprint density at radius 3 is 2.73 bits per heavy atom. The Bertz CT molecular complexity index is 468. The molecule has 5 rings (SSSR count). The van der Waals surface area contributed by atoms with Crippen LogP contribution >= 0.6 is 0 Å². The Labute approximate surface area is 131 Å². The van der Waals surface area contributed by atoms with E-state index in [2.05, 4.69) is 13.8 Å². The van der Waals surface area contributed by atoms with E-state index in [0.717, 1.165) is 25.5 Å². The predicted octanol–water partition coefficient (Wildman–Crippen LogP) is 2.83. The van der Waals surface area contributed by atoms with Crippen LogP contribution in [0.15, 0.2) is 0 Å². The van der Waals surface area contributed by atoms with E-state index in [0.29, 0.717) is 24.2 Å². The monoisotopic (exact) mass is 310 g/mol. The highest BCUT2D eigenvalue weighted by Crippen LogP contribution is 2.60. The number of fused-ring (bicyclic) bond motifs is 2. The molecule has 4 saturated heterocycles. The first-order chi connectivity index (χ1) is 10.5. The molecule has 1 saturated carbocycles. The smallest absolute Gasteiger partial charge is 0.201 e. The second-order valence-electron chi connectivity index (χ2n) is 7.85. The Kier molecular flexibility index (Phi) is 3.42. The van der Waals surface area contributed by atoms with Gasteiger partial charge in [-0.1, -0.05) is 13.8 Å². The zero-order valence-corrected chi connectivity index (χ0v) is 13.6. The van der Waals surface area contributed by atoms with Crippen molar-refractivity contribution in [2.24, 2.45) is 23.7 Å². The van der Waals surface area contributed by atoms with Gasteiger partial charge in [0.25, 0.3) is 0 Å². The van der Waals surface area contributed by atoms with E-state index >= 15 is 0 Å². The summed E-state index contributed by atoms with van der Waals surface area (Å²) >= 11 is 0. The molecule has 4 heterocycles. The van der Waals surface area contributed by atoms with Gasteiger partial charge in [-0.25, -0.2) is 9.78 Å². The fraction of sp³-hybridized carbons (Fsp3) is 0.941. The van der Waals surface area contributed by atoms with Gasteiger partial charge in [0.05, 0.1) is 6.10 Å². The maximum atomic E-state index is 11.0. The lowest BCUT2D eigenvalue weighted by molar-refractivity contribution is -0.570. The average molecular weight is 310 g/mol. The summed E-state index contributed by atoms with van der Waals surface area (Å²) in [5.41, 5.74) is -0.507. The molecule has 5 heteroatoms. The number of carbonyl (C=O) groups is 1. The Morgan fingerprint density at radius 2 is 1.95 bits per heavy atom. The van der Waals surface area contributed by atoms with Crippen molar-refractivity contribution in [2.75, 3.05) is 0 Å². The lowest BCUT2D eigenvalue weighted by Gasteiger charge is -2.60. The van der Waals surface area contributed by atoms with Gasteiger partial charge in [0.1, 0.15) is 6.29 Å². The first kappa shape index (κ1) is 15.1. The molecule has 1 aliphatic carbocycles. The van der Waals surface area contributed by atoms with Gasteiger partial charge in [-0.05, 0) is 43.9 Å². The standard InChI is InChI=1S/C17H26O5/c1-10-4-5-13-11(2)14(7-9-18)19-15-17(13)12(10)6-8-16(3,20-15)21-22-17/h9-15H,4-8H2,1-3H3/t10-,11-,12+,13+,14-,15-,16-,17-/m1/s1. The van der Waals surface area contributed by atoms with Crippen LogP contribution in [0.25, 0.3) is 0 Å². The van der Waals surface area contributed by atoms with Crippen LogP contribution in [0.3, 0.4) is 0 Å². The maximum Gasteiger partial charge on any atom is 0.201 e. The van der Waals surface area contributed by atoms with Crippen molar-refractivity contribution in [3.05, 3.63) is 0 Å². The van der Waals surface area contributed by atoms with Crippen LogP contribution in [0.2, 0.25) is 0 Å². The van der Waals surface area contributed by atoms with Crippen LogP contribution < -0.4 is 0 Å². The highest BCUT2D eigenvalue weighted by Gasteiger charge is 2.69. The molecule has 0 N–H and O–H groups in total. The summed E-state index contributed by atoms with van der Waals surface area (Å²) < 4.78 is 12.5. The molecule has 5 aliphatic rings. The lowest BCUT2D eigenvalue weighted by Crippen LogP contribution is -2.70. The van der Waals surface area contributed by atoms with Crippen LogP contribution in [0.5, 0.6) is 0 Å². The van der Waals surface area contributed by atoms with Crippen molar-refractivity contribution in [3.8, 4) is 0 Å².